The van der Waals surface area contributed by atoms with Gasteiger partial charge in [-0.25, -0.2) is 9.97 Å². The molecular formula is C18H21N5OS. The van der Waals surface area contributed by atoms with E-state index in [1.807, 2.05) is 42.7 Å². The van der Waals surface area contributed by atoms with E-state index in [1.54, 1.807) is 11.3 Å². The highest BCUT2D eigenvalue weighted by atomic mass is 32.1. The van der Waals surface area contributed by atoms with Crippen LogP contribution in [0.15, 0.2) is 47.1 Å². The predicted molar refractivity (Wildman–Crippen MR) is 99.0 cm³/mol. The largest absolute Gasteiger partial charge is 0.439 e. The van der Waals surface area contributed by atoms with Crippen molar-refractivity contribution in [2.45, 2.75) is 13.1 Å². The maximum atomic E-state index is 5.91. The summed E-state index contributed by atoms with van der Waals surface area (Å²) in [5.74, 6) is 1.61. The van der Waals surface area contributed by atoms with Crippen molar-refractivity contribution in [2.75, 3.05) is 31.9 Å². The third kappa shape index (κ3) is 4.07. The van der Waals surface area contributed by atoms with E-state index in [0.29, 0.717) is 5.13 Å². The minimum atomic E-state index is 0.645. The SMILES string of the molecule is Nc1ncc(CN2CCN(Cc3ncc(-c4ccccc4)o3)CC2)s1. The molecule has 1 saturated heterocycles. The van der Waals surface area contributed by atoms with Gasteiger partial charge in [0, 0.05) is 49.4 Å². The first-order valence-electron chi connectivity index (χ1n) is 8.41. The van der Waals surface area contributed by atoms with Gasteiger partial charge in [-0.05, 0) is 0 Å². The molecule has 1 aromatic carbocycles. The van der Waals surface area contributed by atoms with Gasteiger partial charge in [0.15, 0.2) is 10.9 Å². The molecule has 1 aliphatic heterocycles. The molecular weight excluding hydrogens is 334 g/mol. The lowest BCUT2D eigenvalue weighted by Gasteiger charge is -2.33. The minimum absolute atomic E-state index is 0.645. The van der Waals surface area contributed by atoms with E-state index in [4.69, 9.17) is 10.2 Å². The number of thiazole rings is 1. The molecule has 0 radical (unpaired) electrons. The van der Waals surface area contributed by atoms with E-state index in [-0.39, 0.29) is 0 Å². The monoisotopic (exact) mass is 355 g/mol. The molecule has 0 spiro atoms. The molecule has 2 N–H and O–H groups in total. The summed E-state index contributed by atoms with van der Waals surface area (Å²) in [5.41, 5.74) is 6.76. The van der Waals surface area contributed by atoms with Gasteiger partial charge in [0.1, 0.15) is 0 Å². The Hall–Kier alpha value is -2.22. The minimum Gasteiger partial charge on any atom is -0.439 e. The van der Waals surface area contributed by atoms with Crippen LogP contribution in [0.5, 0.6) is 0 Å². The predicted octanol–water partition coefficient (Wildman–Crippen LogP) is 2.70. The lowest BCUT2D eigenvalue weighted by Crippen LogP contribution is -2.45. The third-order valence-corrected chi connectivity index (χ3v) is 5.20. The van der Waals surface area contributed by atoms with Gasteiger partial charge in [-0.2, -0.15) is 0 Å². The molecule has 0 unspecified atom stereocenters. The first-order chi connectivity index (χ1) is 12.3. The van der Waals surface area contributed by atoms with Gasteiger partial charge in [-0.1, -0.05) is 30.3 Å². The van der Waals surface area contributed by atoms with Gasteiger partial charge in [-0.3, -0.25) is 9.80 Å². The fourth-order valence-electron chi connectivity index (χ4n) is 3.03. The van der Waals surface area contributed by atoms with Crippen LogP contribution in [-0.2, 0) is 13.1 Å². The van der Waals surface area contributed by atoms with E-state index in [2.05, 4.69) is 19.8 Å². The number of aromatic nitrogens is 2. The van der Waals surface area contributed by atoms with Crippen LogP contribution in [0.4, 0.5) is 5.13 Å². The highest BCUT2D eigenvalue weighted by molar-refractivity contribution is 7.15. The van der Waals surface area contributed by atoms with Crippen molar-refractivity contribution >= 4 is 16.5 Å². The summed E-state index contributed by atoms with van der Waals surface area (Å²) in [6.07, 6.45) is 3.69. The van der Waals surface area contributed by atoms with Crippen molar-refractivity contribution in [3.8, 4) is 11.3 Å². The van der Waals surface area contributed by atoms with Gasteiger partial charge in [0.05, 0.1) is 12.7 Å². The van der Waals surface area contributed by atoms with Crippen LogP contribution in [0.2, 0.25) is 0 Å². The van der Waals surface area contributed by atoms with E-state index in [0.717, 1.165) is 56.5 Å². The van der Waals surface area contributed by atoms with Crippen LogP contribution in [0, 0.1) is 0 Å². The summed E-state index contributed by atoms with van der Waals surface area (Å²) < 4.78 is 5.91. The van der Waals surface area contributed by atoms with Crippen molar-refractivity contribution in [1.29, 1.82) is 0 Å². The van der Waals surface area contributed by atoms with Crippen LogP contribution in [0.1, 0.15) is 10.8 Å². The molecule has 0 atom stereocenters. The first-order valence-corrected chi connectivity index (χ1v) is 9.23. The third-order valence-electron chi connectivity index (χ3n) is 4.39. The quantitative estimate of drug-likeness (QED) is 0.759. The fraction of sp³-hybridized carbons (Fsp3) is 0.333. The molecule has 4 rings (SSSR count). The standard InChI is InChI=1S/C18H21N5OS/c19-18-21-10-15(25-18)12-22-6-8-23(9-7-22)13-17-20-11-16(24-17)14-4-2-1-3-5-14/h1-5,10-11H,6-9,12-13H2,(H2,19,21). The summed E-state index contributed by atoms with van der Waals surface area (Å²) in [5, 5.41) is 0.645. The van der Waals surface area contributed by atoms with Crippen LogP contribution >= 0.6 is 11.3 Å². The molecule has 0 aliphatic carbocycles. The molecule has 130 valence electrons. The molecule has 2 aromatic heterocycles. The molecule has 0 bridgehead atoms. The number of oxazole rings is 1. The molecule has 7 heteroatoms. The number of nitrogens with zero attached hydrogens (tertiary/aromatic N) is 4. The number of nitrogens with two attached hydrogens (primary N) is 1. The van der Waals surface area contributed by atoms with Crippen LogP contribution in [-0.4, -0.2) is 45.9 Å². The van der Waals surface area contributed by atoms with E-state index in [9.17, 15) is 0 Å². The number of anilines is 1. The smallest absolute Gasteiger partial charge is 0.209 e. The molecule has 6 nitrogen and oxygen atoms in total. The van der Waals surface area contributed by atoms with Gasteiger partial charge >= 0.3 is 0 Å². The van der Waals surface area contributed by atoms with E-state index >= 15 is 0 Å². The zero-order valence-electron chi connectivity index (χ0n) is 14.0. The van der Waals surface area contributed by atoms with Crippen LogP contribution in [0.25, 0.3) is 11.3 Å². The maximum absolute atomic E-state index is 5.91. The second-order valence-corrected chi connectivity index (χ2v) is 7.35. The number of piperazine rings is 1. The Bertz CT molecular complexity index is 808. The number of rotatable bonds is 5. The number of hydrogen-bond acceptors (Lipinski definition) is 7. The average Bonchev–Trinajstić information content (AvgIpc) is 3.27. The van der Waals surface area contributed by atoms with Crippen molar-refractivity contribution < 1.29 is 4.42 Å². The topological polar surface area (TPSA) is 71.4 Å². The Labute approximate surface area is 150 Å². The Morgan fingerprint density at radius 2 is 1.68 bits per heavy atom. The molecule has 25 heavy (non-hydrogen) atoms. The zero-order chi connectivity index (χ0) is 17.1. The van der Waals surface area contributed by atoms with Crippen LogP contribution in [0.3, 0.4) is 0 Å². The summed E-state index contributed by atoms with van der Waals surface area (Å²) in [6, 6.07) is 10.1. The van der Waals surface area contributed by atoms with Crippen LogP contribution < -0.4 is 5.73 Å². The number of benzene rings is 1. The van der Waals surface area contributed by atoms with Gasteiger partial charge < -0.3 is 10.2 Å². The highest BCUT2D eigenvalue weighted by Crippen LogP contribution is 2.21. The lowest BCUT2D eigenvalue weighted by atomic mass is 10.2. The van der Waals surface area contributed by atoms with Gasteiger partial charge in [-0.15, -0.1) is 11.3 Å². The zero-order valence-corrected chi connectivity index (χ0v) is 14.8. The Balaban J connectivity index is 1.29. The maximum Gasteiger partial charge on any atom is 0.209 e. The summed E-state index contributed by atoms with van der Waals surface area (Å²) >= 11 is 1.57. The Morgan fingerprint density at radius 3 is 2.36 bits per heavy atom. The second-order valence-electron chi connectivity index (χ2n) is 6.20. The second kappa shape index (κ2) is 7.35. The fourth-order valence-corrected chi connectivity index (χ4v) is 3.76. The molecule has 3 heterocycles. The Kier molecular flexibility index (Phi) is 4.78. The molecule has 0 amide bonds. The summed E-state index contributed by atoms with van der Waals surface area (Å²) in [7, 11) is 0. The average molecular weight is 355 g/mol. The summed E-state index contributed by atoms with van der Waals surface area (Å²) in [4.78, 5) is 14.6. The van der Waals surface area contributed by atoms with Crippen molar-refractivity contribution in [3.63, 3.8) is 0 Å². The number of hydrogen-bond donors (Lipinski definition) is 1. The number of nitrogen functional groups attached to an aromatic ring is 1. The first kappa shape index (κ1) is 16.3. The van der Waals surface area contributed by atoms with Gasteiger partial charge in [0.25, 0.3) is 0 Å². The van der Waals surface area contributed by atoms with Crippen molar-refractivity contribution in [1.82, 2.24) is 19.8 Å². The molecule has 1 aliphatic rings. The van der Waals surface area contributed by atoms with E-state index in [1.165, 1.54) is 4.88 Å². The van der Waals surface area contributed by atoms with Crippen molar-refractivity contribution in [3.05, 3.63) is 53.5 Å². The van der Waals surface area contributed by atoms with E-state index < -0.39 is 0 Å². The lowest BCUT2D eigenvalue weighted by molar-refractivity contribution is 0.115. The molecule has 3 aromatic rings. The normalized spacial score (nSPS) is 16.3. The van der Waals surface area contributed by atoms with Gasteiger partial charge in [0.2, 0.25) is 5.89 Å². The van der Waals surface area contributed by atoms with Crippen molar-refractivity contribution in [2.24, 2.45) is 0 Å². The Morgan fingerprint density at radius 1 is 0.960 bits per heavy atom. The molecule has 0 saturated carbocycles. The highest BCUT2D eigenvalue weighted by Gasteiger charge is 2.19. The summed E-state index contributed by atoms with van der Waals surface area (Å²) in [6.45, 7) is 5.77. The molecule has 1 fully saturated rings.